The summed E-state index contributed by atoms with van der Waals surface area (Å²) in [5.41, 5.74) is 0. The molecule has 0 bridgehead atoms. The maximum Gasteiger partial charge on any atom is 0.319 e. The van der Waals surface area contributed by atoms with E-state index in [1.807, 2.05) is 6.92 Å². The molecule has 18 heavy (non-hydrogen) atoms. The second kappa shape index (κ2) is 9.59. The van der Waals surface area contributed by atoms with E-state index in [0.29, 0.717) is 19.4 Å². The van der Waals surface area contributed by atoms with Crippen molar-refractivity contribution in [3.63, 3.8) is 0 Å². The van der Waals surface area contributed by atoms with Gasteiger partial charge in [-0.2, -0.15) is 0 Å². The second-order valence-electron chi connectivity index (χ2n) is 4.43. The van der Waals surface area contributed by atoms with Crippen LogP contribution in [0.15, 0.2) is 0 Å². The number of unbranched alkanes of at least 4 members (excludes halogenated alkanes) is 1. The molecule has 0 radical (unpaired) electrons. The van der Waals surface area contributed by atoms with Crippen LogP contribution in [0.2, 0.25) is 0 Å². The fourth-order valence-electron chi connectivity index (χ4n) is 1.53. The van der Waals surface area contributed by atoms with E-state index in [0.717, 1.165) is 25.5 Å². The first kappa shape index (κ1) is 17.7. The zero-order valence-corrected chi connectivity index (χ0v) is 12.3. The van der Waals surface area contributed by atoms with E-state index in [-0.39, 0.29) is 17.6 Å². The molecule has 108 valence electrons. The van der Waals surface area contributed by atoms with Gasteiger partial charge in [0.05, 0.1) is 6.61 Å². The molecule has 1 unspecified atom stereocenters. The number of carbonyl (C=O) groups is 1. The summed E-state index contributed by atoms with van der Waals surface area (Å²) in [6.45, 7) is 5.14. The third-order valence-corrected chi connectivity index (χ3v) is 3.78. The molecule has 0 spiro atoms. The molecule has 0 N–H and O–H groups in total. The van der Waals surface area contributed by atoms with E-state index in [4.69, 9.17) is 4.74 Å². The van der Waals surface area contributed by atoms with Crippen LogP contribution >= 0.6 is 11.8 Å². The Morgan fingerprint density at radius 1 is 1.33 bits per heavy atom. The van der Waals surface area contributed by atoms with Crippen molar-refractivity contribution in [1.29, 1.82) is 0 Å². The van der Waals surface area contributed by atoms with Crippen LogP contribution in [-0.2, 0) is 9.53 Å². The molecule has 5 heteroatoms. The second-order valence-corrected chi connectivity index (χ2v) is 5.74. The number of esters is 1. The number of ether oxygens (including phenoxy) is 1. The third-order valence-electron chi connectivity index (χ3n) is 2.43. The van der Waals surface area contributed by atoms with E-state index in [2.05, 4.69) is 0 Å². The standard InChI is InChI=1S/C13H24F2O2S/c1-4-8-11(12(16)17-5-2)18-10-7-6-9-13(3,14)15/h11H,4-10H2,1-3H3. The summed E-state index contributed by atoms with van der Waals surface area (Å²) < 4.78 is 30.1. The quantitative estimate of drug-likeness (QED) is 0.442. The van der Waals surface area contributed by atoms with Gasteiger partial charge in [-0.1, -0.05) is 13.3 Å². The minimum absolute atomic E-state index is 0.0780. The normalized spacial score (nSPS) is 13.4. The first-order valence-corrected chi connectivity index (χ1v) is 7.61. The number of carbonyl (C=O) groups excluding carboxylic acids is 1. The molecular formula is C13H24F2O2S. The average molecular weight is 282 g/mol. The van der Waals surface area contributed by atoms with Gasteiger partial charge in [0.2, 0.25) is 5.92 Å². The van der Waals surface area contributed by atoms with Crippen LogP contribution in [0.4, 0.5) is 8.78 Å². The number of hydrogen-bond donors (Lipinski definition) is 0. The lowest BCUT2D eigenvalue weighted by Crippen LogP contribution is -2.20. The molecule has 0 amide bonds. The Morgan fingerprint density at radius 2 is 2.00 bits per heavy atom. The van der Waals surface area contributed by atoms with Gasteiger partial charge in [-0.15, -0.1) is 11.8 Å². The lowest BCUT2D eigenvalue weighted by molar-refractivity contribution is -0.142. The van der Waals surface area contributed by atoms with Gasteiger partial charge in [0.1, 0.15) is 5.25 Å². The van der Waals surface area contributed by atoms with Gasteiger partial charge in [0, 0.05) is 6.42 Å². The molecule has 0 rings (SSSR count). The van der Waals surface area contributed by atoms with Crippen LogP contribution in [0.25, 0.3) is 0 Å². The molecule has 0 saturated carbocycles. The minimum Gasteiger partial charge on any atom is -0.465 e. The number of alkyl halides is 2. The minimum atomic E-state index is -2.57. The first-order chi connectivity index (χ1) is 8.40. The van der Waals surface area contributed by atoms with Gasteiger partial charge in [0.25, 0.3) is 0 Å². The van der Waals surface area contributed by atoms with Crippen LogP contribution in [-0.4, -0.2) is 29.5 Å². The van der Waals surface area contributed by atoms with Crippen molar-refractivity contribution in [2.75, 3.05) is 12.4 Å². The molecular weight excluding hydrogens is 258 g/mol. The Balaban J connectivity index is 3.80. The fraction of sp³-hybridized carbons (Fsp3) is 0.923. The van der Waals surface area contributed by atoms with E-state index < -0.39 is 5.92 Å². The SMILES string of the molecule is CCCC(SCCCCC(C)(F)F)C(=O)OCC. The molecule has 1 atom stereocenters. The summed E-state index contributed by atoms with van der Waals surface area (Å²) in [6.07, 6.45) is 2.84. The highest BCUT2D eigenvalue weighted by Gasteiger charge is 2.21. The number of rotatable bonds is 10. The largest absolute Gasteiger partial charge is 0.465 e. The predicted octanol–water partition coefficient (Wildman–Crippen LogP) is 4.28. The number of hydrogen-bond acceptors (Lipinski definition) is 3. The van der Waals surface area contributed by atoms with Crippen LogP contribution in [0.3, 0.4) is 0 Å². The van der Waals surface area contributed by atoms with Gasteiger partial charge in [-0.25, -0.2) is 8.78 Å². The van der Waals surface area contributed by atoms with E-state index in [1.54, 1.807) is 6.92 Å². The van der Waals surface area contributed by atoms with E-state index in [1.165, 1.54) is 11.8 Å². The lowest BCUT2D eigenvalue weighted by atomic mass is 10.2. The highest BCUT2D eigenvalue weighted by atomic mass is 32.2. The molecule has 0 fully saturated rings. The Hall–Kier alpha value is -0.320. The van der Waals surface area contributed by atoms with Crippen LogP contribution in [0.5, 0.6) is 0 Å². The smallest absolute Gasteiger partial charge is 0.319 e. The van der Waals surface area contributed by atoms with Crippen molar-refractivity contribution < 1.29 is 18.3 Å². The van der Waals surface area contributed by atoms with Crippen LogP contribution in [0, 0.1) is 0 Å². The zero-order valence-electron chi connectivity index (χ0n) is 11.5. The monoisotopic (exact) mass is 282 g/mol. The number of thioether (sulfide) groups is 1. The van der Waals surface area contributed by atoms with Gasteiger partial charge in [-0.05, 0) is 38.9 Å². The highest BCUT2D eigenvalue weighted by molar-refractivity contribution is 8.00. The molecule has 0 heterocycles. The summed E-state index contributed by atoms with van der Waals surface area (Å²) in [5.74, 6) is -2.01. The molecule has 0 saturated heterocycles. The molecule has 2 nitrogen and oxygen atoms in total. The van der Waals surface area contributed by atoms with Crippen molar-refractivity contribution in [2.24, 2.45) is 0 Å². The molecule has 0 aromatic carbocycles. The third kappa shape index (κ3) is 9.68. The Labute approximate surface area is 113 Å². The van der Waals surface area contributed by atoms with Gasteiger partial charge in [0.15, 0.2) is 0 Å². The Bertz CT molecular complexity index is 230. The van der Waals surface area contributed by atoms with Gasteiger partial charge < -0.3 is 4.74 Å². The molecule has 0 aliphatic heterocycles. The summed E-state index contributed by atoms with van der Waals surface area (Å²) in [6, 6.07) is 0. The highest BCUT2D eigenvalue weighted by Crippen LogP contribution is 2.23. The van der Waals surface area contributed by atoms with Crippen molar-refractivity contribution in [3.8, 4) is 0 Å². The predicted molar refractivity (Wildman–Crippen MR) is 72.3 cm³/mol. The van der Waals surface area contributed by atoms with Crippen molar-refractivity contribution in [2.45, 2.75) is 64.0 Å². The maximum absolute atomic E-state index is 12.6. The molecule has 0 aromatic rings. The average Bonchev–Trinajstić information content (AvgIpc) is 2.26. The lowest BCUT2D eigenvalue weighted by Gasteiger charge is -2.14. The van der Waals surface area contributed by atoms with Gasteiger partial charge >= 0.3 is 5.97 Å². The summed E-state index contributed by atoms with van der Waals surface area (Å²) in [5, 5.41) is -0.142. The summed E-state index contributed by atoms with van der Waals surface area (Å²) in [7, 11) is 0. The van der Waals surface area contributed by atoms with Crippen molar-refractivity contribution in [1.82, 2.24) is 0 Å². The van der Waals surface area contributed by atoms with Crippen molar-refractivity contribution in [3.05, 3.63) is 0 Å². The van der Waals surface area contributed by atoms with E-state index in [9.17, 15) is 13.6 Å². The summed E-state index contributed by atoms with van der Waals surface area (Å²) in [4.78, 5) is 11.6. The molecule has 0 aliphatic carbocycles. The van der Waals surface area contributed by atoms with Crippen LogP contribution in [0.1, 0.15) is 52.9 Å². The Morgan fingerprint density at radius 3 is 2.50 bits per heavy atom. The molecule has 0 aliphatic rings. The van der Waals surface area contributed by atoms with Crippen LogP contribution < -0.4 is 0 Å². The topological polar surface area (TPSA) is 26.3 Å². The maximum atomic E-state index is 12.6. The zero-order chi connectivity index (χ0) is 14.0. The number of halogens is 2. The first-order valence-electron chi connectivity index (χ1n) is 6.56. The van der Waals surface area contributed by atoms with Crippen molar-refractivity contribution >= 4 is 17.7 Å². The molecule has 0 aromatic heterocycles. The Kier molecular flexibility index (Phi) is 9.42. The van der Waals surface area contributed by atoms with Gasteiger partial charge in [-0.3, -0.25) is 4.79 Å². The van der Waals surface area contributed by atoms with E-state index >= 15 is 0 Å². The summed E-state index contributed by atoms with van der Waals surface area (Å²) >= 11 is 1.53. The fourth-order valence-corrected chi connectivity index (χ4v) is 2.79.